The summed E-state index contributed by atoms with van der Waals surface area (Å²) in [7, 11) is 0. The van der Waals surface area contributed by atoms with E-state index in [-0.39, 0.29) is 12.1 Å². The van der Waals surface area contributed by atoms with Crippen LogP contribution in [0.1, 0.15) is 5.56 Å². The van der Waals surface area contributed by atoms with Crippen molar-refractivity contribution < 1.29 is 0 Å². The van der Waals surface area contributed by atoms with Gasteiger partial charge in [0.1, 0.15) is 6.54 Å². The van der Waals surface area contributed by atoms with Gasteiger partial charge in [0.15, 0.2) is 5.16 Å². The fourth-order valence-electron chi connectivity index (χ4n) is 2.19. The van der Waals surface area contributed by atoms with E-state index in [2.05, 4.69) is 4.98 Å². The molecule has 5 heteroatoms. The molecule has 0 spiro atoms. The lowest BCUT2D eigenvalue weighted by Crippen LogP contribution is -2.22. The summed E-state index contributed by atoms with van der Waals surface area (Å²) in [6.07, 6.45) is 0. The predicted molar refractivity (Wildman–Crippen MR) is 87.6 cm³/mol. The number of nitriles is 1. The molecule has 0 aliphatic carbocycles. The van der Waals surface area contributed by atoms with Crippen LogP contribution in [0.3, 0.4) is 0 Å². The Bertz CT molecular complexity index is 897. The van der Waals surface area contributed by atoms with Crippen LogP contribution in [0, 0.1) is 11.3 Å². The van der Waals surface area contributed by atoms with Crippen molar-refractivity contribution >= 4 is 22.7 Å². The fourth-order valence-corrected chi connectivity index (χ4v) is 3.14. The van der Waals surface area contributed by atoms with Crippen molar-refractivity contribution in [2.45, 2.75) is 17.5 Å². The van der Waals surface area contributed by atoms with Crippen molar-refractivity contribution in [3.05, 3.63) is 70.5 Å². The number of aromatic nitrogens is 2. The van der Waals surface area contributed by atoms with E-state index in [0.717, 1.165) is 5.56 Å². The van der Waals surface area contributed by atoms with Crippen LogP contribution in [-0.2, 0) is 12.3 Å². The van der Waals surface area contributed by atoms with Crippen LogP contribution in [0.2, 0.25) is 0 Å². The zero-order chi connectivity index (χ0) is 15.4. The van der Waals surface area contributed by atoms with E-state index in [1.165, 1.54) is 16.3 Å². The molecule has 0 atom stereocenters. The highest BCUT2D eigenvalue weighted by Gasteiger charge is 2.11. The summed E-state index contributed by atoms with van der Waals surface area (Å²) >= 11 is 1.47. The van der Waals surface area contributed by atoms with Gasteiger partial charge >= 0.3 is 0 Å². The highest BCUT2D eigenvalue weighted by atomic mass is 32.2. The number of benzene rings is 2. The molecular formula is C17H13N3OS. The summed E-state index contributed by atoms with van der Waals surface area (Å²) in [6, 6.07) is 19.2. The van der Waals surface area contributed by atoms with Gasteiger partial charge in [-0.1, -0.05) is 54.2 Å². The molecule has 0 unspecified atom stereocenters. The Morgan fingerprint density at radius 3 is 2.59 bits per heavy atom. The lowest BCUT2D eigenvalue weighted by atomic mass is 10.2. The minimum atomic E-state index is -0.164. The van der Waals surface area contributed by atoms with Crippen LogP contribution >= 0.6 is 11.8 Å². The van der Waals surface area contributed by atoms with Crippen molar-refractivity contribution in [3.8, 4) is 6.07 Å². The van der Waals surface area contributed by atoms with E-state index in [4.69, 9.17) is 5.26 Å². The largest absolute Gasteiger partial charge is 0.273 e. The van der Waals surface area contributed by atoms with E-state index >= 15 is 0 Å². The number of hydrogen-bond donors (Lipinski definition) is 0. The molecule has 0 bridgehead atoms. The smallest absolute Gasteiger partial charge is 0.262 e. The zero-order valence-corrected chi connectivity index (χ0v) is 12.6. The molecule has 0 amide bonds. The topological polar surface area (TPSA) is 58.7 Å². The molecule has 1 heterocycles. The zero-order valence-electron chi connectivity index (χ0n) is 11.8. The van der Waals surface area contributed by atoms with Crippen molar-refractivity contribution in [2.75, 3.05) is 0 Å². The van der Waals surface area contributed by atoms with Crippen LogP contribution in [0.5, 0.6) is 0 Å². The molecule has 2 aromatic carbocycles. The number of thioether (sulfide) groups is 1. The van der Waals surface area contributed by atoms with Crippen LogP contribution < -0.4 is 5.56 Å². The Labute approximate surface area is 132 Å². The first-order valence-electron chi connectivity index (χ1n) is 6.83. The normalized spacial score (nSPS) is 10.5. The van der Waals surface area contributed by atoms with Gasteiger partial charge in [-0.2, -0.15) is 5.26 Å². The molecule has 3 rings (SSSR count). The Kier molecular flexibility index (Phi) is 4.22. The van der Waals surface area contributed by atoms with Gasteiger partial charge in [-0.3, -0.25) is 9.36 Å². The van der Waals surface area contributed by atoms with Crippen LogP contribution in [0.15, 0.2) is 64.5 Å². The fraction of sp³-hybridized carbons (Fsp3) is 0.118. The first-order chi connectivity index (χ1) is 10.8. The second-order valence-corrected chi connectivity index (χ2v) is 5.68. The molecule has 3 aromatic rings. The summed E-state index contributed by atoms with van der Waals surface area (Å²) in [5.74, 6) is 0.705. The van der Waals surface area contributed by atoms with E-state index in [0.29, 0.717) is 21.8 Å². The highest BCUT2D eigenvalue weighted by molar-refractivity contribution is 7.98. The van der Waals surface area contributed by atoms with Gasteiger partial charge < -0.3 is 0 Å². The first kappa shape index (κ1) is 14.4. The quantitative estimate of drug-likeness (QED) is 0.548. The average molecular weight is 307 g/mol. The Hall–Kier alpha value is -2.58. The van der Waals surface area contributed by atoms with Gasteiger partial charge in [-0.25, -0.2) is 4.98 Å². The lowest BCUT2D eigenvalue weighted by Gasteiger charge is -2.10. The molecule has 1 aromatic heterocycles. The van der Waals surface area contributed by atoms with Crippen LogP contribution in [0.25, 0.3) is 10.9 Å². The predicted octanol–water partition coefficient (Wildman–Crippen LogP) is 3.21. The van der Waals surface area contributed by atoms with Crippen LogP contribution in [0.4, 0.5) is 0 Å². The average Bonchev–Trinajstić information content (AvgIpc) is 2.57. The van der Waals surface area contributed by atoms with E-state index in [9.17, 15) is 4.79 Å². The molecule has 0 saturated heterocycles. The summed E-state index contributed by atoms with van der Waals surface area (Å²) < 4.78 is 1.44. The maximum absolute atomic E-state index is 12.5. The summed E-state index contributed by atoms with van der Waals surface area (Å²) in [5.41, 5.74) is 1.65. The minimum Gasteiger partial charge on any atom is -0.273 e. The Balaban J connectivity index is 2.02. The van der Waals surface area contributed by atoms with Crippen molar-refractivity contribution in [3.63, 3.8) is 0 Å². The van der Waals surface area contributed by atoms with Crippen molar-refractivity contribution in [1.82, 2.24) is 9.55 Å². The van der Waals surface area contributed by atoms with E-state index < -0.39 is 0 Å². The number of hydrogen-bond acceptors (Lipinski definition) is 4. The van der Waals surface area contributed by atoms with Gasteiger partial charge in [0.25, 0.3) is 5.56 Å². The highest BCUT2D eigenvalue weighted by Crippen LogP contribution is 2.21. The van der Waals surface area contributed by atoms with Gasteiger partial charge in [-0.05, 0) is 17.7 Å². The van der Waals surface area contributed by atoms with Crippen molar-refractivity contribution in [1.29, 1.82) is 5.26 Å². The van der Waals surface area contributed by atoms with Crippen molar-refractivity contribution in [2.24, 2.45) is 0 Å². The Morgan fingerprint density at radius 2 is 1.82 bits per heavy atom. The number of para-hydroxylation sites is 1. The molecule has 0 aliphatic heterocycles. The monoisotopic (exact) mass is 307 g/mol. The SMILES string of the molecule is N#CCn1c(SCc2ccccc2)nc2ccccc2c1=O. The second-order valence-electron chi connectivity index (χ2n) is 4.74. The third-order valence-electron chi connectivity index (χ3n) is 3.27. The summed E-state index contributed by atoms with van der Waals surface area (Å²) in [5, 5.41) is 10.1. The maximum atomic E-state index is 12.5. The molecule has 4 nitrogen and oxygen atoms in total. The molecule has 0 fully saturated rings. The molecular weight excluding hydrogens is 294 g/mol. The third-order valence-corrected chi connectivity index (χ3v) is 4.31. The van der Waals surface area contributed by atoms with Gasteiger partial charge in [0, 0.05) is 5.75 Å². The summed E-state index contributed by atoms with van der Waals surface area (Å²) in [4.78, 5) is 17.1. The standard InChI is InChI=1S/C17H13N3OS/c18-10-11-20-16(21)14-8-4-5-9-15(14)19-17(20)22-12-13-6-2-1-3-7-13/h1-9H,11-12H2. The molecule has 0 aliphatic rings. The van der Waals surface area contributed by atoms with E-state index in [1.54, 1.807) is 12.1 Å². The number of nitrogens with zero attached hydrogens (tertiary/aromatic N) is 3. The number of rotatable bonds is 4. The molecule has 0 N–H and O–H groups in total. The van der Waals surface area contributed by atoms with Gasteiger partial charge in [0.05, 0.1) is 17.0 Å². The van der Waals surface area contributed by atoms with Gasteiger partial charge in [0.2, 0.25) is 0 Å². The minimum absolute atomic E-state index is 0.00773. The molecule has 108 valence electrons. The second kappa shape index (κ2) is 6.46. The number of fused-ring (bicyclic) bond motifs is 1. The summed E-state index contributed by atoms with van der Waals surface area (Å²) in [6.45, 7) is 0.00773. The molecule has 22 heavy (non-hydrogen) atoms. The molecule has 0 radical (unpaired) electrons. The first-order valence-corrected chi connectivity index (χ1v) is 7.81. The molecule has 0 saturated carbocycles. The van der Waals surface area contributed by atoms with Crippen LogP contribution in [-0.4, -0.2) is 9.55 Å². The van der Waals surface area contributed by atoms with Gasteiger partial charge in [-0.15, -0.1) is 0 Å². The maximum Gasteiger partial charge on any atom is 0.262 e. The van der Waals surface area contributed by atoms with E-state index in [1.807, 2.05) is 48.5 Å². The lowest BCUT2D eigenvalue weighted by molar-refractivity contribution is 0.677. The third kappa shape index (κ3) is 2.87. The Morgan fingerprint density at radius 1 is 1.09 bits per heavy atom.